The quantitative estimate of drug-likeness (QED) is 0.504. The SMILES string of the molecule is C=CC(=NC)c1ccc(NCCOCCOCCF)cc1. The summed E-state index contributed by atoms with van der Waals surface area (Å²) in [7, 11) is 1.75. The van der Waals surface area contributed by atoms with Crippen molar-refractivity contribution in [1.29, 1.82) is 0 Å². The smallest absolute Gasteiger partial charge is 0.113 e. The van der Waals surface area contributed by atoms with Gasteiger partial charge in [0.15, 0.2) is 0 Å². The third kappa shape index (κ3) is 7.02. The van der Waals surface area contributed by atoms with Gasteiger partial charge in [0.2, 0.25) is 0 Å². The Hall–Kier alpha value is -1.72. The van der Waals surface area contributed by atoms with Gasteiger partial charge in [0.05, 0.1) is 32.1 Å². The van der Waals surface area contributed by atoms with Crippen molar-refractivity contribution in [3.8, 4) is 0 Å². The summed E-state index contributed by atoms with van der Waals surface area (Å²) in [5, 5.41) is 3.26. The molecule has 0 unspecified atom stereocenters. The number of allylic oxidation sites excluding steroid dienone is 1. The molecule has 0 heterocycles. The van der Waals surface area contributed by atoms with E-state index in [2.05, 4.69) is 16.9 Å². The van der Waals surface area contributed by atoms with Crippen LogP contribution in [0.15, 0.2) is 41.9 Å². The fourth-order valence-electron chi connectivity index (χ4n) is 1.74. The number of halogens is 1. The minimum absolute atomic E-state index is 0.141. The first-order valence-corrected chi connectivity index (χ1v) is 6.96. The van der Waals surface area contributed by atoms with Crippen molar-refractivity contribution in [1.82, 2.24) is 0 Å². The summed E-state index contributed by atoms with van der Waals surface area (Å²) >= 11 is 0. The summed E-state index contributed by atoms with van der Waals surface area (Å²) in [6.07, 6.45) is 1.74. The van der Waals surface area contributed by atoms with E-state index in [1.807, 2.05) is 24.3 Å². The van der Waals surface area contributed by atoms with Crippen LogP contribution in [0.25, 0.3) is 0 Å². The lowest BCUT2D eigenvalue weighted by Gasteiger charge is -2.08. The van der Waals surface area contributed by atoms with Crippen LogP contribution < -0.4 is 5.32 Å². The van der Waals surface area contributed by atoms with E-state index in [1.165, 1.54) is 0 Å². The minimum atomic E-state index is -0.451. The van der Waals surface area contributed by atoms with E-state index in [0.717, 1.165) is 17.0 Å². The van der Waals surface area contributed by atoms with E-state index in [9.17, 15) is 4.39 Å². The van der Waals surface area contributed by atoms with E-state index in [-0.39, 0.29) is 6.61 Å². The molecule has 0 spiro atoms. The van der Waals surface area contributed by atoms with Gasteiger partial charge in [-0.25, -0.2) is 4.39 Å². The van der Waals surface area contributed by atoms with Crippen molar-refractivity contribution in [2.75, 3.05) is 52.0 Å². The highest BCUT2D eigenvalue weighted by molar-refractivity contribution is 6.08. The zero-order chi connectivity index (χ0) is 15.3. The third-order valence-corrected chi connectivity index (χ3v) is 2.78. The first-order valence-electron chi connectivity index (χ1n) is 6.96. The molecule has 0 radical (unpaired) electrons. The Balaban J connectivity index is 2.20. The van der Waals surface area contributed by atoms with Crippen molar-refractivity contribution in [3.05, 3.63) is 42.5 Å². The molecule has 4 nitrogen and oxygen atoms in total. The van der Waals surface area contributed by atoms with Crippen LogP contribution >= 0.6 is 0 Å². The predicted molar refractivity (Wildman–Crippen MR) is 85.2 cm³/mol. The van der Waals surface area contributed by atoms with E-state index in [0.29, 0.717) is 26.4 Å². The van der Waals surface area contributed by atoms with Crippen LogP contribution in [0.3, 0.4) is 0 Å². The average molecular weight is 294 g/mol. The highest BCUT2D eigenvalue weighted by atomic mass is 19.1. The number of hydrogen-bond donors (Lipinski definition) is 1. The molecule has 1 aromatic carbocycles. The average Bonchev–Trinajstić information content (AvgIpc) is 2.52. The summed E-state index contributed by atoms with van der Waals surface area (Å²) in [6, 6.07) is 7.98. The number of ether oxygens (including phenoxy) is 2. The maximum absolute atomic E-state index is 11.7. The molecule has 0 aliphatic carbocycles. The Bertz CT molecular complexity index is 432. The highest BCUT2D eigenvalue weighted by Crippen LogP contribution is 2.10. The molecule has 1 N–H and O–H groups in total. The highest BCUT2D eigenvalue weighted by Gasteiger charge is 1.98. The number of nitrogens with zero attached hydrogens (tertiary/aromatic N) is 1. The summed E-state index contributed by atoms with van der Waals surface area (Å²) in [6.45, 7) is 5.62. The fourth-order valence-corrected chi connectivity index (χ4v) is 1.74. The van der Waals surface area contributed by atoms with Crippen molar-refractivity contribution in [2.45, 2.75) is 0 Å². The van der Waals surface area contributed by atoms with Gasteiger partial charge in [-0.2, -0.15) is 0 Å². The second-order valence-corrected chi connectivity index (χ2v) is 4.23. The molecule has 1 aromatic rings. The van der Waals surface area contributed by atoms with Gasteiger partial charge >= 0.3 is 0 Å². The molecule has 21 heavy (non-hydrogen) atoms. The molecule has 5 heteroatoms. The molecule has 0 aliphatic heterocycles. The Morgan fingerprint density at radius 2 is 1.86 bits per heavy atom. The number of hydrogen-bond acceptors (Lipinski definition) is 4. The molecule has 0 saturated heterocycles. The van der Waals surface area contributed by atoms with Gasteiger partial charge in [0.25, 0.3) is 0 Å². The van der Waals surface area contributed by atoms with Crippen LogP contribution in [0, 0.1) is 0 Å². The molecule has 0 amide bonds. The normalized spacial score (nSPS) is 11.4. The van der Waals surface area contributed by atoms with Crippen LogP contribution in [0.5, 0.6) is 0 Å². The lowest BCUT2D eigenvalue weighted by atomic mass is 10.1. The number of nitrogens with one attached hydrogen (secondary N) is 1. The van der Waals surface area contributed by atoms with Gasteiger partial charge in [-0.1, -0.05) is 18.7 Å². The molecule has 0 fully saturated rings. The second-order valence-electron chi connectivity index (χ2n) is 4.23. The number of anilines is 1. The lowest BCUT2D eigenvalue weighted by molar-refractivity contribution is 0.0464. The van der Waals surface area contributed by atoms with Crippen LogP contribution in [-0.4, -0.2) is 52.4 Å². The van der Waals surface area contributed by atoms with Gasteiger partial charge in [0.1, 0.15) is 6.67 Å². The minimum Gasteiger partial charge on any atom is -0.383 e. The van der Waals surface area contributed by atoms with Crippen molar-refractivity contribution < 1.29 is 13.9 Å². The molecule has 0 bridgehead atoms. The first-order chi connectivity index (χ1) is 10.3. The van der Waals surface area contributed by atoms with Gasteiger partial charge in [-0.15, -0.1) is 0 Å². The molecule has 0 saturated carbocycles. The van der Waals surface area contributed by atoms with Crippen LogP contribution in [0.4, 0.5) is 10.1 Å². The zero-order valence-corrected chi connectivity index (χ0v) is 12.5. The van der Waals surface area contributed by atoms with E-state index in [4.69, 9.17) is 9.47 Å². The lowest BCUT2D eigenvalue weighted by Crippen LogP contribution is -2.13. The summed E-state index contributed by atoms with van der Waals surface area (Å²) in [5.41, 5.74) is 2.94. The largest absolute Gasteiger partial charge is 0.383 e. The number of aliphatic imine (C=N–C) groups is 1. The summed E-state index contributed by atoms with van der Waals surface area (Å²) in [5.74, 6) is 0. The van der Waals surface area contributed by atoms with Gasteiger partial charge in [-0.3, -0.25) is 4.99 Å². The number of alkyl halides is 1. The van der Waals surface area contributed by atoms with Gasteiger partial charge < -0.3 is 14.8 Å². The van der Waals surface area contributed by atoms with Crippen molar-refractivity contribution in [3.63, 3.8) is 0 Å². The maximum atomic E-state index is 11.7. The summed E-state index contributed by atoms with van der Waals surface area (Å²) < 4.78 is 22.1. The Morgan fingerprint density at radius 1 is 1.19 bits per heavy atom. The van der Waals surface area contributed by atoms with E-state index < -0.39 is 6.67 Å². The molecular weight excluding hydrogens is 271 g/mol. The van der Waals surface area contributed by atoms with Crippen LogP contribution in [-0.2, 0) is 9.47 Å². The molecule has 116 valence electrons. The van der Waals surface area contributed by atoms with E-state index in [1.54, 1.807) is 13.1 Å². The van der Waals surface area contributed by atoms with Crippen LogP contribution in [0.1, 0.15) is 5.56 Å². The first kappa shape index (κ1) is 17.3. The number of rotatable bonds is 11. The molecule has 1 rings (SSSR count). The summed E-state index contributed by atoms with van der Waals surface area (Å²) in [4.78, 5) is 4.15. The van der Waals surface area contributed by atoms with Crippen molar-refractivity contribution >= 4 is 11.4 Å². The Kier molecular flexibility index (Phi) is 9.08. The Labute approximate surface area is 125 Å². The predicted octanol–water partition coefficient (Wildman–Crippen LogP) is 2.71. The second kappa shape index (κ2) is 11.0. The topological polar surface area (TPSA) is 42.9 Å². The number of benzene rings is 1. The van der Waals surface area contributed by atoms with Gasteiger partial charge in [0, 0.05) is 19.3 Å². The maximum Gasteiger partial charge on any atom is 0.113 e. The monoisotopic (exact) mass is 294 g/mol. The van der Waals surface area contributed by atoms with Crippen molar-refractivity contribution in [2.24, 2.45) is 4.99 Å². The molecule has 0 aromatic heterocycles. The van der Waals surface area contributed by atoms with E-state index >= 15 is 0 Å². The Morgan fingerprint density at radius 3 is 2.43 bits per heavy atom. The fraction of sp³-hybridized carbons (Fsp3) is 0.438. The molecular formula is C16H23FN2O2. The van der Waals surface area contributed by atoms with Crippen LogP contribution in [0.2, 0.25) is 0 Å². The molecule has 0 aliphatic rings. The zero-order valence-electron chi connectivity index (χ0n) is 12.5. The third-order valence-electron chi connectivity index (χ3n) is 2.78. The standard InChI is InChI=1S/C16H23FN2O2/c1-3-16(18-2)14-4-6-15(7-5-14)19-9-11-21-13-12-20-10-8-17/h3-7,19H,1,8-13H2,2H3. The van der Waals surface area contributed by atoms with Gasteiger partial charge in [-0.05, 0) is 23.8 Å². The molecule has 0 atom stereocenters.